The molecule has 0 aromatic heterocycles. The smallest absolute Gasteiger partial charge is 0.221 e. The van der Waals surface area contributed by atoms with Gasteiger partial charge in [-0.15, -0.1) is 0 Å². The van der Waals surface area contributed by atoms with Crippen LogP contribution in [0.5, 0.6) is 11.5 Å². The van der Waals surface area contributed by atoms with Crippen LogP contribution >= 0.6 is 0 Å². The first-order valence-electron chi connectivity index (χ1n) is 5.03. The predicted octanol–water partition coefficient (Wildman–Crippen LogP) is 1.78. The lowest BCUT2D eigenvalue weighted by molar-refractivity contribution is -0.114. The molecule has 1 aromatic rings. The highest BCUT2D eigenvalue weighted by Gasteiger charge is 2.18. The van der Waals surface area contributed by atoms with Crippen LogP contribution in [0.2, 0.25) is 0 Å². The van der Waals surface area contributed by atoms with Crippen molar-refractivity contribution in [2.45, 2.75) is 13.8 Å². The fourth-order valence-corrected chi connectivity index (χ4v) is 1.62. The number of hydrogen-bond donors (Lipinski definition) is 1. The Morgan fingerprint density at radius 1 is 1.29 bits per heavy atom. The molecule has 0 fully saturated rings. The van der Waals surface area contributed by atoms with Gasteiger partial charge in [0.05, 0.1) is 25.5 Å². The second-order valence-electron chi connectivity index (χ2n) is 3.52. The number of hydrogen-bond acceptors (Lipinski definition) is 4. The molecule has 0 aliphatic heterocycles. The fraction of sp³-hybridized carbons (Fsp3) is 0.333. The molecular weight excluding hydrogens is 222 g/mol. The van der Waals surface area contributed by atoms with Gasteiger partial charge >= 0.3 is 0 Å². The quantitative estimate of drug-likeness (QED) is 0.811. The second kappa shape index (κ2) is 5.34. The molecule has 0 saturated heterocycles. The van der Waals surface area contributed by atoms with Crippen molar-refractivity contribution < 1.29 is 19.1 Å². The number of carbonyl (C=O) groups excluding carboxylic acids is 2. The first kappa shape index (κ1) is 13.0. The van der Waals surface area contributed by atoms with E-state index in [0.29, 0.717) is 34.6 Å². The summed E-state index contributed by atoms with van der Waals surface area (Å²) in [5.41, 5.74) is 1.61. The van der Waals surface area contributed by atoms with E-state index in [0.717, 1.165) is 0 Å². The van der Waals surface area contributed by atoms with Gasteiger partial charge < -0.3 is 14.8 Å². The highest BCUT2D eigenvalue weighted by atomic mass is 16.5. The fourth-order valence-electron chi connectivity index (χ4n) is 1.62. The van der Waals surface area contributed by atoms with Crippen LogP contribution in [0.4, 0.5) is 5.69 Å². The Morgan fingerprint density at radius 3 is 2.29 bits per heavy atom. The van der Waals surface area contributed by atoms with Crippen LogP contribution in [-0.4, -0.2) is 26.4 Å². The van der Waals surface area contributed by atoms with E-state index in [4.69, 9.17) is 9.47 Å². The van der Waals surface area contributed by atoms with Crippen LogP contribution in [0, 0.1) is 6.92 Å². The second-order valence-corrected chi connectivity index (χ2v) is 3.52. The Morgan fingerprint density at radius 2 is 1.88 bits per heavy atom. The van der Waals surface area contributed by atoms with E-state index < -0.39 is 0 Å². The number of carbonyl (C=O) groups is 2. The van der Waals surface area contributed by atoms with E-state index in [-0.39, 0.29) is 5.91 Å². The maximum Gasteiger partial charge on any atom is 0.221 e. The minimum Gasteiger partial charge on any atom is -0.492 e. The molecule has 0 saturated carbocycles. The topological polar surface area (TPSA) is 64.6 Å². The van der Waals surface area contributed by atoms with Gasteiger partial charge in [0.15, 0.2) is 17.8 Å². The van der Waals surface area contributed by atoms with Crippen LogP contribution < -0.4 is 14.8 Å². The highest BCUT2D eigenvalue weighted by molar-refractivity contribution is 5.94. The Kier molecular flexibility index (Phi) is 4.09. The number of ether oxygens (including phenoxy) is 2. The van der Waals surface area contributed by atoms with Gasteiger partial charge in [-0.25, -0.2) is 0 Å². The monoisotopic (exact) mass is 237 g/mol. The number of benzene rings is 1. The lowest BCUT2D eigenvalue weighted by Gasteiger charge is -2.16. The number of methoxy groups -OCH3 is 2. The summed E-state index contributed by atoms with van der Waals surface area (Å²) in [6.45, 7) is 3.16. The Balaban J connectivity index is 3.46. The third-order valence-electron chi connectivity index (χ3n) is 2.32. The summed E-state index contributed by atoms with van der Waals surface area (Å²) < 4.78 is 10.3. The van der Waals surface area contributed by atoms with Crippen LogP contribution in [-0.2, 0) is 4.79 Å². The summed E-state index contributed by atoms with van der Waals surface area (Å²) in [5.74, 6) is 0.449. The van der Waals surface area contributed by atoms with E-state index in [2.05, 4.69) is 5.32 Å². The van der Waals surface area contributed by atoms with Gasteiger partial charge in [-0.3, -0.25) is 9.59 Å². The number of aryl methyl sites for hydroxylation is 1. The van der Waals surface area contributed by atoms with E-state index in [1.54, 1.807) is 13.0 Å². The number of amides is 1. The molecular formula is C12H15NO4. The lowest BCUT2D eigenvalue weighted by Crippen LogP contribution is -2.09. The Hall–Kier alpha value is -2.04. The summed E-state index contributed by atoms with van der Waals surface area (Å²) in [4.78, 5) is 22.1. The van der Waals surface area contributed by atoms with Crippen LogP contribution in [0.3, 0.4) is 0 Å². The zero-order valence-electron chi connectivity index (χ0n) is 10.3. The molecule has 0 bridgehead atoms. The number of rotatable bonds is 4. The van der Waals surface area contributed by atoms with Crippen molar-refractivity contribution in [2.75, 3.05) is 19.5 Å². The summed E-state index contributed by atoms with van der Waals surface area (Å²) in [7, 11) is 2.90. The lowest BCUT2D eigenvalue weighted by atomic mass is 10.1. The molecule has 0 spiro atoms. The predicted molar refractivity (Wildman–Crippen MR) is 64.0 cm³/mol. The van der Waals surface area contributed by atoms with Crippen molar-refractivity contribution in [1.29, 1.82) is 0 Å². The standard InChI is InChI=1S/C12H15NO4/c1-7-5-10(13-8(2)15)12(17-4)11(16-3)9(7)6-14/h5-6H,1-4H3,(H,13,15). The molecule has 0 atom stereocenters. The molecule has 17 heavy (non-hydrogen) atoms. The van der Waals surface area contributed by atoms with E-state index in [1.165, 1.54) is 21.1 Å². The number of anilines is 1. The van der Waals surface area contributed by atoms with Gasteiger partial charge in [-0.2, -0.15) is 0 Å². The number of aldehydes is 1. The molecule has 0 radical (unpaired) electrons. The van der Waals surface area contributed by atoms with Crippen molar-refractivity contribution in [1.82, 2.24) is 0 Å². The van der Waals surface area contributed by atoms with E-state index in [9.17, 15) is 9.59 Å². The van der Waals surface area contributed by atoms with Gasteiger partial charge in [0.2, 0.25) is 5.91 Å². The third-order valence-corrected chi connectivity index (χ3v) is 2.32. The maximum absolute atomic E-state index is 11.1. The van der Waals surface area contributed by atoms with Gasteiger partial charge in [-0.05, 0) is 18.6 Å². The van der Waals surface area contributed by atoms with Gasteiger partial charge in [0.1, 0.15) is 0 Å². The molecule has 1 N–H and O–H groups in total. The van der Waals surface area contributed by atoms with Gasteiger partial charge in [0.25, 0.3) is 0 Å². The average molecular weight is 237 g/mol. The molecule has 5 heteroatoms. The number of nitrogens with one attached hydrogen (secondary N) is 1. The largest absolute Gasteiger partial charge is 0.492 e. The SMILES string of the molecule is COc1c(NC(C)=O)cc(C)c(C=O)c1OC. The van der Waals surface area contributed by atoms with Gasteiger partial charge in [0, 0.05) is 6.92 Å². The highest BCUT2D eigenvalue weighted by Crippen LogP contribution is 2.39. The average Bonchev–Trinajstić information content (AvgIpc) is 2.27. The summed E-state index contributed by atoms with van der Waals surface area (Å²) in [6.07, 6.45) is 0.703. The molecule has 1 rings (SSSR count). The summed E-state index contributed by atoms with van der Waals surface area (Å²) >= 11 is 0. The first-order valence-corrected chi connectivity index (χ1v) is 5.03. The third kappa shape index (κ3) is 2.55. The molecule has 0 aliphatic rings. The minimum atomic E-state index is -0.219. The molecule has 0 heterocycles. The molecule has 1 aromatic carbocycles. The molecule has 0 unspecified atom stereocenters. The normalized spacial score (nSPS) is 9.65. The maximum atomic E-state index is 11.1. The zero-order valence-corrected chi connectivity index (χ0v) is 10.3. The van der Waals surface area contributed by atoms with Crippen molar-refractivity contribution in [3.63, 3.8) is 0 Å². The molecule has 5 nitrogen and oxygen atoms in total. The minimum absolute atomic E-state index is 0.219. The van der Waals surface area contributed by atoms with Gasteiger partial charge in [-0.1, -0.05) is 0 Å². The van der Waals surface area contributed by atoms with Crippen molar-refractivity contribution in [3.05, 3.63) is 17.2 Å². The van der Waals surface area contributed by atoms with Crippen LogP contribution in [0.15, 0.2) is 6.07 Å². The summed E-state index contributed by atoms with van der Waals surface area (Å²) in [6, 6.07) is 1.67. The Bertz CT molecular complexity index is 454. The van der Waals surface area contributed by atoms with Crippen LogP contribution in [0.1, 0.15) is 22.8 Å². The van der Waals surface area contributed by atoms with Crippen molar-refractivity contribution >= 4 is 17.9 Å². The van der Waals surface area contributed by atoms with Crippen molar-refractivity contribution in [2.24, 2.45) is 0 Å². The van der Waals surface area contributed by atoms with E-state index in [1.807, 2.05) is 0 Å². The molecule has 0 aliphatic carbocycles. The Labute approximate surface area is 99.7 Å². The first-order chi connectivity index (χ1) is 8.04. The van der Waals surface area contributed by atoms with E-state index >= 15 is 0 Å². The zero-order chi connectivity index (χ0) is 13.0. The van der Waals surface area contributed by atoms with Crippen LogP contribution in [0.25, 0.3) is 0 Å². The van der Waals surface area contributed by atoms with Crippen molar-refractivity contribution in [3.8, 4) is 11.5 Å². The molecule has 1 amide bonds. The summed E-state index contributed by atoms with van der Waals surface area (Å²) in [5, 5.41) is 2.63. The molecule has 92 valence electrons.